The largest absolute Gasteiger partial charge is 0.497 e. The second-order valence-corrected chi connectivity index (χ2v) is 6.09. The van der Waals surface area contributed by atoms with Crippen LogP contribution in [0.1, 0.15) is 23.2 Å². The van der Waals surface area contributed by atoms with E-state index in [4.69, 9.17) is 14.2 Å². The van der Waals surface area contributed by atoms with E-state index < -0.39 is 6.10 Å². The molecule has 1 heterocycles. The number of anilines is 2. The van der Waals surface area contributed by atoms with Crippen LogP contribution in [-0.4, -0.2) is 38.7 Å². The average Bonchev–Trinajstić information content (AvgIpc) is 3.23. The van der Waals surface area contributed by atoms with Crippen molar-refractivity contribution in [2.45, 2.75) is 18.9 Å². The Balaban J connectivity index is 1.73. The molecule has 0 aliphatic carbocycles. The van der Waals surface area contributed by atoms with Gasteiger partial charge in [0.05, 0.1) is 19.9 Å². The van der Waals surface area contributed by atoms with Crippen molar-refractivity contribution in [2.75, 3.05) is 31.5 Å². The summed E-state index contributed by atoms with van der Waals surface area (Å²) in [7, 11) is 3.08. The highest BCUT2D eigenvalue weighted by Gasteiger charge is 2.23. The fourth-order valence-electron chi connectivity index (χ4n) is 2.85. The molecule has 2 amide bonds. The second-order valence-electron chi connectivity index (χ2n) is 6.09. The van der Waals surface area contributed by atoms with Crippen LogP contribution in [0.2, 0.25) is 0 Å². The lowest BCUT2D eigenvalue weighted by atomic mass is 10.1. The maximum atomic E-state index is 12.6. The lowest BCUT2D eigenvalue weighted by molar-refractivity contribution is -0.124. The summed E-state index contributed by atoms with van der Waals surface area (Å²) in [6, 6.07) is 11.9. The van der Waals surface area contributed by atoms with E-state index in [1.807, 2.05) is 0 Å². The average molecular weight is 370 g/mol. The third kappa shape index (κ3) is 4.57. The Labute approximate surface area is 157 Å². The predicted molar refractivity (Wildman–Crippen MR) is 102 cm³/mol. The van der Waals surface area contributed by atoms with E-state index in [9.17, 15) is 9.59 Å². The van der Waals surface area contributed by atoms with E-state index in [0.29, 0.717) is 41.5 Å². The number of benzene rings is 2. The quantitative estimate of drug-likeness (QED) is 0.816. The standard InChI is InChI=1S/C20H22N2O5/c1-25-15-8-9-17(26-2)16(12-15)22-19(23)13-5-3-6-14(11-13)21-20(24)18-7-4-10-27-18/h3,5-6,8-9,11-12,18H,4,7,10H2,1-2H3,(H,21,24)(H,22,23)/t18-/m0/s1. The molecular weight excluding hydrogens is 348 g/mol. The first-order valence-corrected chi connectivity index (χ1v) is 8.66. The summed E-state index contributed by atoms with van der Waals surface area (Å²) in [6.45, 7) is 0.600. The van der Waals surface area contributed by atoms with Crippen LogP contribution in [0.15, 0.2) is 42.5 Å². The van der Waals surface area contributed by atoms with E-state index in [-0.39, 0.29) is 11.8 Å². The lowest BCUT2D eigenvalue weighted by Gasteiger charge is -2.13. The Morgan fingerprint density at radius 3 is 2.63 bits per heavy atom. The number of methoxy groups -OCH3 is 2. The van der Waals surface area contributed by atoms with Gasteiger partial charge in [0.1, 0.15) is 17.6 Å². The second kappa shape index (κ2) is 8.55. The van der Waals surface area contributed by atoms with Gasteiger partial charge < -0.3 is 24.8 Å². The van der Waals surface area contributed by atoms with Crippen LogP contribution < -0.4 is 20.1 Å². The molecule has 0 aromatic heterocycles. The molecule has 7 nitrogen and oxygen atoms in total. The molecule has 2 aromatic carbocycles. The summed E-state index contributed by atoms with van der Waals surface area (Å²) < 4.78 is 15.8. The number of nitrogens with one attached hydrogen (secondary N) is 2. The lowest BCUT2D eigenvalue weighted by Crippen LogP contribution is -2.27. The summed E-state index contributed by atoms with van der Waals surface area (Å²) in [6.07, 6.45) is 1.16. The van der Waals surface area contributed by atoms with E-state index >= 15 is 0 Å². The molecule has 1 aliphatic heterocycles. The Hall–Kier alpha value is -3.06. The van der Waals surface area contributed by atoms with E-state index in [2.05, 4.69) is 10.6 Å². The molecule has 1 fully saturated rings. The van der Waals surface area contributed by atoms with Crippen LogP contribution in [0, 0.1) is 0 Å². The van der Waals surface area contributed by atoms with Crippen LogP contribution in [0.3, 0.4) is 0 Å². The van der Waals surface area contributed by atoms with Gasteiger partial charge in [0.15, 0.2) is 0 Å². The molecule has 3 rings (SSSR count). The summed E-state index contributed by atoms with van der Waals surface area (Å²) in [5.74, 6) is 0.602. The molecule has 142 valence electrons. The summed E-state index contributed by atoms with van der Waals surface area (Å²) in [5, 5.41) is 5.60. The van der Waals surface area contributed by atoms with Crippen molar-refractivity contribution < 1.29 is 23.8 Å². The van der Waals surface area contributed by atoms with Gasteiger partial charge in [0.2, 0.25) is 0 Å². The normalized spacial score (nSPS) is 15.9. The number of ether oxygens (including phenoxy) is 3. The van der Waals surface area contributed by atoms with Gasteiger partial charge >= 0.3 is 0 Å². The van der Waals surface area contributed by atoms with Crippen molar-refractivity contribution in [3.63, 3.8) is 0 Å². The third-order valence-electron chi connectivity index (χ3n) is 4.27. The van der Waals surface area contributed by atoms with Gasteiger partial charge in [-0.05, 0) is 43.2 Å². The fraction of sp³-hybridized carbons (Fsp3) is 0.300. The highest BCUT2D eigenvalue weighted by Crippen LogP contribution is 2.29. The Morgan fingerprint density at radius 1 is 1.07 bits per heavy atom. The summed E-state index contributed by atoms with van der Waals surface area (Å²) in [4.78, 5) is 24.8. The van der Waals surface area contributed by atoms with Crippen molar-refractivity contribution in [1.29, 1.82) is 0 Å². The summed E-state index contributed by atoms with van der Waals surface area (Å²) in [5.41, 5.74) is 1.45. The number of hydrogen-bond donors (Lipinski definition) is 2. The molecule has 0 bridgehead atoms. The zero-order valence-corrected chi connectivity index (χ0v) is 15.3. The number of amides is 2. The maximum Gasteiger partial charge on any atom is 0.255 e. The molecule has 27 heavy (non-hydrogen) atoms. The monoisotopic (exact) mass is 370 g/mol. The van der Waals surface area contributed by atoms with Crippen molar-refractivity contribution in [2.24, 2.45) is 0 Å². The Bertz CT molecular complexity index is 831. The zero-order valence-electron chi connectivity index (χ0n) is 15.3. The minimum absolute atomic E-state index is 0.195. The number of carbonyl (C=O) groups is 2. The summed E-state index contributed by atoms with van der Waals surface area (Å²) >= 11 is 0. The number of rotatable bonds is 6. The van der Waals surface area contributed by atoms with Crippen LogP contribution in [0.4, 0.5) is 11.4 Å². The molecule has 1 saturated heterocycles. The van der Waals surface area contributed by atoms with Crippen molar-refractivity contribution in [3.8, 4) is 11.5 Å². The molecule has 1 atom stereocenters. The van der Waals surface area contributed by atoms with Gasteiger partial charge in [-0.15, -0.1) is 0 Å². The highest BCUT2D eigenvalue weighted by atomic mass is 16.5. The van der Waals surface area contributed by atoms with Crippen molar-refractivity contribution >= 4 is 23.2 Å². The molecule has 0 saturated carbocycles. The minimum atomic E-state index is -0.427. The maximum absolute atomic E-state index is 12.6. The molecule has 1 aliphatic rings. The smallest absolute Gasteiger partial charge is 0.255 e. The number of carbonyl (C=O) groups excluding carboxylic acids is 2. The first-order valence-electron chi connectivity index (χ1n) is 8.66. The Morgan fingerprint density at radius 2 is 1.93 bits per heavy atom. The van der Waals surface area contributed by atoms with Gasteiger partial charge in [-0.1, -0.05) is 6.07 Å². The van der Waals surface area contributed by atoms with Gasteiger partial charge in [0, 0.05) is 23.9 Å². The van der Waals surface area contributed by atoms with Crippen LogP contribution in [-0.2, 0) is 9.53 Å². The zero-order chi connectivity index (χ0) is 19.2. The van der Waals surface area contributed by atoms with Gasteiger partial charge in [-0.25, -0.2) is 0 Å². The van der Waals surface area contributed by atoms with Crippen molar-refractivity contribution in [3.05, 3.63) is 48.0 Å². The predicted octanol–water partition coefficient (Wildman–Crippen LogP) is 3.07. The van der Waals surface area contributed by atoms with E-state index in [0.717, 1.165) is 6.42 Å². The first-order chi connectivity index (χ1) is 13.1. The van der Waals surface area contributed by atoms with Crippen LogP contribution in [0.25, 0.3) is 0 Å². The van der Waals surface area contributed by atoms with E-state index in [1.54, 1.807) is 49.6 Å². The first kappa shape index (κ1) is 18.7. The van der Waals surface area contributed by atoms with Gasteiger partial charge in [-0.2, -0.15) is 0 Å². The molecule has 0 radical (unpaired) electrons. The van der Waals surface area contributed by atoms with Gasteiger partial charge in [0.25, 0.3) is 11.8 Å². The Kier molecular flexibility index (Phi) is 5.93. The van der Waals surface area contributed by atoms with Crippen LogP contribution >= 0.6 is 0 Å². The highest BCUT2D eigenvalue weighted by molar-refractivity contribution is 6.06. The topological polar surface area (TPSA) is 85.9 Å². The van der Waals surface area contributed by atoms with Crippen LogP contribution in [0.5, 0.6) is 11.5 Å². The molecule has 0 spiro atoms. The molecule has 2 N–H and O–H groups in total. The SMILES string of the molecule is COc1ccc(OC)c(NC(=O)c2cccc(NC(=O)[C@@H]3CCCO3)c2)c1. The molecule has 2 aromatic rings. The molecular formula is C20H22N2O5. The fourth-order valence-corrected chi connectivity index (χ4v) is 2.85. The third-order valence-corrected chi connectivity index (χ3v) is 4.27. The molecule has 7 heteroatoms. The van der Waals surface area contributed by atoms with E-state index in [1.165, 1.54) is 7.11 Å². The molecule has 0 unspecified atom stereocenters. The minimum Gasteiger partial charge on any atom is -0.497 e. The van der Waals surface area contributed by atoms with Crippen molar-refractivity contribution in [1.82, 2.24) is 0 Å². The number of hydrogen-bond acceptors (Lipinski definition) is 5. The van der Waals surface area contributed by atoms with Gasteiger partial charge in [-0.3, -0.25) is 9.59 Å².